The number of anilines is 1. The Morgan fingerprint density at radius 3 is 2.39 bits per heavy atom. The maximum Gasteiger partial charge on any atom is 0.414 e. The van der Waals surface area contributed by atoms with E-state index in [9.17, 15) is 18.4 Å². The van der Waals surface area contributed by atoms with Crippen molar-refractivity contribution in [2.75, 3.05) is 12.0 Å². The number of ketones is 1. The van der Waals surface area contributed by atoms with Crippen LogP contribution in [0.25, 0.3) is 11.0 Å². The number of alkyl halides is 2. The Morgan fingerprint density at radius 1 is 1.05 bits per heavy atom. The number of aryl methyl sites for hydroxylation is 1. The Kier molecular flexibility index (Phi) is 7.36. The number of hydrogen-bond donors (Lipinski definition) is 0. The number of carbonyl (C=O) groups excluding carboxylic acids is 2. The molecule has 1 saturated carbocycles. The van der Waals surface area contributed by atoms with Gasteiger partial charge in [0.2, 0.25) is 0 Å². The van der Waals surface area contributed by atoms with Gasteiger partial charge in [0.1, 0.15) is 17.4 Å². The van der Waals surface area contributed by atoms with E-state index in [4.69, 9.17) is 9.72 Å². The summed E-state index contributed by atoms with van der Waals surface area (Å²) in [6.45, 7) is 0.821. The lowest BCUT2D eigenvalue weighted by Crippen LogP contribution is -2.42. The minimum atomic E-state index is -2.87. The third-order valence-electron chi connectivity index (χ3n) is 8.05. The van der Waals surface area contributed by atoms with E-state index in [1.807, 2.05) is 19.1 Å². The molecule has 0 N–H and O–H groups in total. The zero-order chi connectivity index (χ0) is 27.0. The van der Waals surface area contributed by atoms with E-state index in [1.54, 1.807) is 36.1 Å². The number of benzene rings is 2. The molecule has 38 heavy (non-hydrogen) atoms. The maximum atomic E-state index is 12.6. The highest BCUT2D eigenvalue weighted by atomic mass is 19.3. The van der Waals surface area contributed by atoms with Crippen molar-refractivity contribution < 1.29 is 27.8 Å². The third kappa shape index (κ3) is 4.98. The van der Waals surface area contributed by atoms with Crippen molar-refractivity contribution in [3.8, 4) is 5.75 Å². The first-order valence-corrected chi connectivity index (χ1v) is 13.2. The number of amides is 1. The van der Waals surface area contributed by atoms with Crippen LogP contribution < -0.4 is 9.64 Å². The summed E-state index contributed by atoms with van der Waals surface area (Å²) in [6.07, 6.45) is 5.19. The van der Waals surface area contributed by atoms with Gasteiger partial charge in [0.25, 0.3) is 0 Å². The van der Waals surface area contributed by atoms with Crippen LogP contribution in [0.5, 0.6) is 5.75 Å². The Morgan fingerprint density at radius 2 is 1.76 bits per heavy atom. The van der Waals surface area contributed by atoms with Gasteiger partial charge in [-0.2, -0.15) is 8.78 Å². The fourth-order valence-corrected chi connectivity index (χ4v) is 6.07. The molecule has 2 aliphatic rings. The first-order valence-electron chi connectivity index (χ1n) is 13.2. The molecule has 2 heterocycles. The third-order valence-corrected chi connectivity index (χ3v) is 8.05. The molecule has 0 unspecified atom stereocenters. The number of imidazole rings is 1. The number of ether oxygens (including phenoxy) is 2. The van der Waals surface area contributed by atoms with Crippen molar-refractivity contribution in [1.82, 2.24) is 9.55 Å². The number of methoxy groups -OCH3 is 1. The van der Waals surface area contributed by atoms with E-state index in [0.717, 1.165) is 72.2 Å². The highest BCUT2D eigenvalue weighted by Gasteiger charge is 2.33. The second-order valence-electron chi connectivity index (χ2n) is 10.4. The number of halogens is 2. The fourth-order valence-electron chi connectivity index (χ4n) is 6.07. The Labute approximate surface area is 220 Å². The van der Waals surface area contributed by atoms with Gasteiger partial charge >= 0.3 is 12.7 Å². The van der Waals surface area contributed by atoms with Crippen LogP contribution in [0.1, 0.15) is 68.9 Å². The SMILES string of the molecule is COC(=O)N1c2ccc3c(nc(Cc4ccc(OC(F)F)cc4)n3C3CCC(C(C)=O)CC3)c2CC[C@@H]1C. The first kappa shape index (κ1) is 26.1. The van der Waals surface area contributed by atoms with Crippen molar-refractivity contribution >= 4 is 28.6 Å². The van der Waals surface area contributed by atoms with Crippen molar-refractivity contribution in [2.45, 2.75) is 77.5 Å². The zero-order valence-electron chi connectivity index (χ0n) is 22.0. The molecule has 5 rings (SSSR count). The number of rotatable bonds is 6. The predicted octanol–water partition coefficient (Wildman–Crippen LogP) is 6.46. The van der Waals surface area contributed by atoms with Crippen molar-refractivity contribution in [1.29, 1.82) is 0 Å². The van der Waals surface area contributed by atoms with Gasteiger partial charge in [-0.15, -0.1) is 0 Å². The molecular formula is C29H33F2N3O4. The molecule has 9 heteroatoms. The van der Waals surface area contributed by atoms with Crippen molar-refractivity contribution in [2.24, 2.45) is 5.92 Å². The Hall–Kier alpha value is -3.49. The van der Waals surface area contributed by atoms with Crippen LogP contribution in [0, 0.1) is 5.92 Å². The molecule has 1 atom stereocenters. The second kappa shape index (κ2) is 10.7. The quantitative estimate of drug-likeness (QED) is 0.370. The summed E-state index contributed by atoms with van der Waals surface area (Å²) in [5, 5.41) is 0. The van der Waals surface area contributed by atoms with E-state index in [2.05, 4.69) is 9.30 Å². The average Bonchev–Trinajstić information content (AvgIpc) is 3.27. The largest absolute Gasteiger partial charge is 0.452 e. The predicted molar refractivity (Wildman–Crippen MR) is 140 cm³/mol. The molecule has 1 aliphatic carbocycles. The Bertz CT molecular complexity index is 1330. The highest BCUT2D eigenvalue weighted by molar-refractivity contribution is 5.95. The van der Waals surface area contributed by atoms with E-state index in [-0.39, 0.29) is 35.6 Å². The van der Waals surface area contributed by atoms with Crippen LogP contribution in [-0.4, -0.2) is 41.2 Å². The van der Waals surface area contributed by atoms with Crippen LogP contribution in [-0.2, 0) is 22.4 Å². The maximum absolute atomic E-state index is 12.6. The number of fused-ring (bicyclic) bond motifs is 3. The van der Waals surface area contributed by atoms with Crippen LogP contribution in [0.2, 0.25) is 0 Å². The smallest absolute Gasteiger partial charge is 0.414 e. The molecular weight excluding hydrogens is 492 g/mol. The van der Waals surface area contributed by atoms with Gasteiger partial charge in [0.15, 0.2) is 0 Å². The molecule has 0 bridgehead atoms. The molecule has 1 fully saturated rings. The van der Waals surface area contributed by atoms with Crippen LogP contribution in [0.4, 0.5) is 19.3 Å². The van der Waals surface area contributed by atoms with E-state index >= 15 is 0 Å². The van der Waals surface area contributed by atoms with Crippen LogP contribution in [0.15, 0.2) is 36.4 Å². The van der Waals surface area contributed by atoms with Gasteiger partial charge in [-0.25, -0.2) is 9.78 Å². The average molecular weight is 526 g/mol. The lowest BCUT2D eigenvalue weighted by Gasteiger charge is -2.34. The molecule has 7 nitrogen and oxygen atoms in total. The highest BCUT2D eigenvalue weighted by Crippen LogP contribution is 2.40. The lowest BCUT2D eigenvalue weighted by molar-refractivity contribution is -0.121. The number of nitrogens with zero attached hydrogens (tertiary/aromatic N) is 3. The molecule has 2 aromatic carbocycles. The molecule has 0 spiro atoms. The normalized spacial score (nSPS) is 21.4. The topological polar surface area (TPSA) is 73.7 Å². The summed E-state index contributed by atoms with van der Waals surface area (Å²) in [6, 6.07) is 10.9. The number of carbonyl (C=O) groups is 2. The van der Waals surface area contributed by atoms with Gasteiger partial charge in [-0.05, 0) is 82.2 Å². The van der Waals surface area contributed by atoms with Gasteiger partial charge in [0.05, 0.1) is 23.8 Å². The molecule has 0 radical (unpaired) electrons. The summed E-state index contributed by atoms with van der Waals surface area (Å²) >= 11 is 0. The van der Waals surface area contributed by atoms with Crippen molar-refractivity contribution in [3.63, 3.8) is 0 Å². The van der Waals surface area contributed by atoms with Crippen LogP contribution in [0.3, 0.4) is 0 Å². The first-order chi connectivity index (χ1) is 18.3. The van der Waals surface area contributed by atoms with E-state index < -0.39 is 6.61 Å². The molecule has 1 aromatic heterocycles. The molecule has 1 aliphatic heterocycles. The summed E-state index contributed by atoms with van der Waals surface area (Å²) in [4.78, 5) is 31.4. The standard InChI is InChI=1S/C29H33F2N3O4/c1-17-4-13-23-24(33(17)29(36)37-3)14-15-25-27(23)32-26(16-19-5-11-22(12-6-19)38-28(30)31)34(25)21-9-7-20(8-10-21)18(2)35/h5-6,11-12,14-15,17,20-21,28H,4,7-10,13,16H2,1-3H3/t17-,20?,21?/m0/s1. The number of hydrogen-bond acceptors (Lipinski definition) is 5. The van der Waals surface area contributed by atoms with E-state index in [0.29, 0.717) is 6.42 Å². The molecule has 3 aromatic rings. The molecule has 0 saturated heterocycles. The van der Waals surface area contributed by atoms with Gasteiger partial charge in [-0.3, -0.25) is 9.69 Å². The van der Waals surface area contributed by atoms with Crippen LogP contribution >= 0.6 is 0 Å². The monoisotopic (exact) mass is 525 g/mol. The summed E-state index contributed by atoms with van der Waals surface area (Å²) in [7, 11) is 1.39. The molecule has 1 amide bonds. The summed E-state index contributed by atoms with van der Waals surface area (Å²) < 4.78 is 37.1. The van der Waals surface area contributed by atoms with Gasteiger partial charge in [-0.1, -0.05) is 12.1 Å². The molecule has 202 valence electrons. The lowest BCUT2D eigenvalue weighted by atomic mass is 9.83. The van der Waals surface area contributed by atoms with E-state index in [1.165, 1.54) is 7.11 Å². The second-order valence-corrected chi connectivity index (χ2v) is 10.4. The number of aromatic nitrogens is 2. The minimum absolute atomic E-state index is 0.0183. The van der Waals surface area contributed by atoms with Gasteiger partial charge < -0.3 is 14.0 Å². The van der Waals surface area contributed by atoms with Gasteiger partial charge in [0, 0.05) is 30.0 Å². The fraction of sp³-hybridized carbons (Fsp3) is 0.483. The number of Topliss-reactive ketones (excluding diaryl/α,β-unsaturated/α-hetero) is 1. The zero-order valence-corrected chi connectivity index (χ0v) is 22.0. The summed E-state index contributed by atoms with van der Waals surface area (Å²) in [5.74, 6) is 1.35. The Balaban J connectivity index is 1.56. The van der Waals surface area contributed by atoms with Crippen molar-refractivity contribution in [3.05, 3.63) is 53.3 Å². The minimum Gasteiger partial charge on any atom is -0.452 e. The summed E-state index contributed by atoms with van der Waals surface area (Å²) in [5.41, 5.74) is 4.68.